The summed E-state index contributed by atoms with van der Waals surface area (Å²) in [6.07, 6.45) is 0.812. The van der Waals surface area contributed by atoms with Crippen LogP contribution in [-0.2, 0) is 11.3 Å². The zero-order chi connectivity index (χ0) is 15.9. The molecule has 0 aliphatic carbocycles. The average Bonchev–Trinajstić information content (AvgIpc) is 2.43. The average molecular weight is 296 g/mol. The van der Waals surface area contributed by atoms with Crippen LogP contribution < -0.4 is 15.4 Å². The van der Waals surface area contributed by atoms with Gasteiger partial charge in [-0.3, -0.25) is 4.79 Å². The van der Waals surface area contributed by atoms with Crippen molar-refractivity contribution in [3.63, 3.8) is 0 Å². The van der Waals surface area contributed by atoms with Crippen LogP contribution in [0, 0.1) is 5.82 Å². The Kier molecular flexibility index (Phi) is 6.62. The van der Waals surface area contributed by atoms with Crippen LogP contribution in [0.2, 0.25) is 0 Å². The van der Waals surface area contributed by atoms with E-state index >= 15 is 0 Å². The first-order valence-electron chi connectivity index (χ1n) is 7.31. The summed E-state index contributed by atoms with van der Waals surface area (Å²) in [6, 6.07) is 4.76. The number of rotatable bonds is 8. The number of benzene rings is 1. The second-order valence-electron chi connectivity index (χ2n) is 5.62. The van der Waals surface area contributed by atoms with E-state index < -0.39 is 5.82 Å². The lowest BCUT2D eigenvalue weighted by molar-refractivity contribution is -0.124. The predicted octanol–water partition coefficient (Wildman–Crippen LogP) is 2.62. The number of hydrogen-bond donors (Lipinski definition) is 2. The highest BCUT2D eigenvalue weighted by atomic mass is 19.1. The topological polar surface area (TPSA) is 50.4 Å². The van der Waals surface area contributed by atoms with Gasteiger partial charge in [-0.15, -0.1) is 0 Å². The third kappa shape index (κ3) is 6.12. The molecule has 118 valence electrons. The van der Waals surface area contributed by atoms with Crippen molar-refractivity contribution in [2.24, 2.45) is 0 Å². The van der Waals surface area contributed by atoms with Crippen LogP contribution in [0.3, 0.4) is 0 Å². The molecule has 0 bridgehead atoms. The summed E-state index contributed by atoms with van der Waals surface area (Å²) in [7, 11) is 0. The molecule has 0 fully saturated rings. The Labute approximate surface area is 126 Å². The maximum Gasteiger partial charge on any atom is 0.258 e. The van der Waals surface area contributed by atoms with Crippen LogP contribution in [0.1, 0.15) is 39.7 Å². The lowest BCUT2D eigenvalue weighted by Crippen LogP contribution is -2.44. The molecule has 1 rings (SSSR count). The SMILES string of the molecule is CCNCc1ccc(OCC(=O)NC(C)(C)CC)c(F)c1. The molecule has 1 amide bonds. The molecule has 0 atom stereocenters. The Morgan fingerprint density at radius 2 is 2.05 bits per heavy atom. The molecule has 0 aliphatic rings. The van der Waals surface area contributed by atoms with Crippen molar-refractivity contribution in [2.75, 3.05) is 13.2 Å². The monoisotopic (exact) mass is 296 g/mol. The van der Waals surface area contributed by atoms with E-state index in [0.29, 0.717) is 6.54 Å². The van der Waals surface area contributed by atoms with Crippen LogP contribution in [-0.4, -0.2) is 24.6 Å². The number of amides is 1. The second-order valence-corrected chi connectivity index (χ2v) is 5.62. The first-order chi connectivity index (χ1) is 9.88. The normalized spacial score (nSPS) is 11.3. The fourth-order valence-corrected chi connectivity index (χ4v) is 1.69. The lowest BCUT2D eigenvalue weighted by atomic mass is 10.0. The summed E-state index contributed by atoms with van der Waals surface area (Å²) >= 11 is 0. The summed E-state index contributed by atoms with van der Waals surface area (Å²) in [5.74, 6) is -0.606. The molecule has 1 aromatic rings. The van der Waals surface area contributed by atoms with Gasteiger partial charge in [-0.1, -0.05) is 19.9 Å². The predicted molar refractivity (Wildman–Crippen MR) is 81.8 cm³/mol. The molecule has 0 aliphatic heterocycles. The first kappa shape index (κ1) is 17.4. The Bertz CT molecular complexity index is 475. The zero-order valence-electron chi connectivity index (χ0n) is 13.3. The van der Waals surface area contributed by atoms with Crippen LogP contribution in [0.4, 0.5) is 4.39 Å². The van der Waals surface area contributed by atoms with Crippen LogP contribution in [0.15, 0.2) is 18.2 Å². The highest BCUT2D eigenvalue weighted by molar-refractivity contribution is 5.78. The van der Waals surface area contributed by atoms with Crippen LogP contribution in [0.5, 0.6) is 5.75 Å². The number of hydrogen-bond acceptors (Lipinski definition) is 3. The van der Waals surface area contributed by atoms with E-state index in [1.807, 2.05) is 27.7 Å². The Morgan fingerprint density at radius 3 is 2.62 bits per heavy atom. The Hall–Kier alpha value is -1.62. The van der Waals surface area contributed by atoms with E-state index in [0.717, 1.165) is 18.5 Å². The summed E-state index contributed by atoms with van der Waals surface area (Å²) < 4.78 is 19.1. The van der Waals surface area contributed by atoms with Gasteiger partial charge in [-0.2, -0.15) is 0 Å². The van der Waals surface area contributed by atoms with E-state index in [9.17, 15) is 9.18 Å². The van der Waals surface area contributed by atoms with Crippen LogP contribution in [0.25, 0.3) is 0 Å². The van der Waals surface area contributed by atoms with E-state index in [1.54, 1.807) is 12.1 Å². The molecule has 0 aromatic heterocycles. The molecule has 1 aromatic carbocycles. The molecule has 5 heteroatoms. The van der Waals surface area contributed by atoms with Crippen molar-refractivity contribution in [3.05, 3.63) is 29.6 Å². The molecule has 0 unspecified atom stereocenters. The van der Waals surface area contributed by atoms with Gasteiger partial charge in [0.15, 0.2) is 18.2 Å². The fourth-order valence-electron chi connectivity index (χ4n) is 1.69. The molecular weight excluding hydrogens is 271 g/mol. The minimum Gasteiger partial charge on any atom is -0.481 e. The van der Waals surface area contributed by atoms with Gasteiger partial charge >= 0.3 is 0 Å². The molecule has 2 N–H and O–H groups in total. The van der Waals surface area contributed by atoms with Crippen molar-refractivity contribution < 1.29 is 13.9 Å². The van der Waals surface area contributed by atoms with Gasteiger partial charge in [0.1, 0.15) is 0 Å². The highest BCUT2D eigenvalue weighted by Crippen LogP contribution is 2.18. The van der Waals surface area contributed by atoms with Gasteiger partial charge < -0.3 is 15.4 Å². The number of carbonyl (C=O) groups excluding carboxylic acids is 1. The molecule has 0 saturated carbocycles. The van der Waals surface area contributed by atoms with Gasteiger partial charge in [0, 0.05) is 12.1 Å². The van der Waals surface area contributed by atoms with Crippen LogP contribution >= 0.6 is 0 Å². The smallest absolute Gasteiger partial charge is 0.258 e. The van der Waals surface area contributed by atoms with Crippen molar-refractivity contribution in [3.8, 4) is 5.75 Å². The molecule has 0 radical (unpaired) electrons. The number of ether oxygens (including phenoxy) is 1. The molecular formula is C16H25FN2O2. The molecule has 21 heavy (non-hydrogen) atoms. The quantitative estimate of drug-likeness (QED) is 0.775. The first-order valence-corrected chi connectivity index (χ1v) is 7.31. The van der Waals surface area contributed by atoms with Gasteiger partial charge in [0.2, 0.25) is 0 Å². The minimum atomic E-state index is -0.451. The third-order valence-corrected chi connectivity index (χ3v) is 3.30. The number of nitrogens with one attached hydrogen (secondary N) is 2. The second kappa shape index (κ2) is 7.98. The summed E-state index contributed by atoms with van der Waals surface area (Å²) in [5, 5.41) is 5.96. The summed E-state index contributed by atoms with van der Waals surface area (Å²) in [6.45, 7) is 9.09. The van der Waals surface area contributed by atoms with Gasteiger partial charge in [-0.25, -0.2) is 4.39 Å². The highest BCUT2D eigenvalue weighted by Gasteiger charge is 2.18. The van der Waals surface area contributed by atoms with Crippen molar-refractivity contribution >= 4 is 5.91 Å². The standard InChI is InChI=1S/C16H25FN2O2/c1-5-16(3,4)19-15(20)11-21-14-8-7-12(9-13(14)17)10-18-6-2/h7-9,18H,5-6,10-11H2,1-4H3,(H,19,20). The largest absolute Gasteiger partial charge is 0.481 e. The minimum absolute atomic E-state index is 0.0969. The number of halogens is 1. The maximum atomic E-state index is 13.8. The number of carbonyl (C=O) groups is 1. The molecule has 0 spiro atoms. The van der Waals surface area contributed by atoms with Gasteiger partial charge in [0.25, 0.3) is 5.91 Å². The van der Waals surface area contributed by atoms with Gasteiger partial charge in [0.05, 0.1) is 0 Å². The van der Waals surface area contributed by atoms with E-state index in [2.05, 4.69) is 10.6 Å². The Balaban J connectivity index is 2.54. The Morgan fingerprint density at radius 1 is 1.33 bits per heavy atom. The lowest BCUT2D eigenvalue weighted by Gasteiger charge is -2.24. The molecule has 0 saturated heterocycles. The fraction of sp³-hybridized carbons (Fsp3) is 0.562. The molecule has 0 heterocycles. The van der Waals surface area contributed by atoms with Crippen molar-refractivity contribution in [1.82, 2.24) is 10.6 Å². The van der Waals surface area contributed by atoms with Gasteiger partial charge in [-0.05, 0) is 44.5 Å². The third-order valence-electron chi connectivity index (χ3n) is 3.30. The van der Waals surface area contributed by atoms with E-state index in [1.165, 1.54) is 6.07 Å². The van der Waals surface area contributed by atoms with E-state index in [4.69, 9.17) is 4.74 Å². The van der Waals surface area contributed by atoms with Crippen molar-refractivity contribution in [2.45, 2.75) is 46.2 Å². The van der Waals surface area contributed by atoms with E-state index in [-0.39, 0.29) is 23.8 Å². The van der Waals surface area contributed by atoms with Crippen molar-refractivity contribution in [1.29, 1.82) is 0 Å². The molecule has 4 nitrogen and oxygen atoms in total. The maximum absolute atomic E-state index is 13.8. The zero-order valence-corrected chi connectivity index (χ0v) is 13.3. The summed E-state index contributed by atoms with van der Waals surface area (Å²) in [4.78, 5) is 11.7. The summed E-state index contributed by atoms with van der Waals surface area (Å²) in [5.41, 5.74) is 0.563.